The van der Waals surface area contributed by atoms with Crippen LogP contribution < -0.4 is 4.74 Å². The third kappa shape index (κ3) is 4.60. The second kappa shape index (κ2) is 6.92. The topological polar surface area (TPSA) is 47.9 Å². The van der Waals surface area contributed by atoms with Crippen LogP contribution in [-0.2, 0) is 15.2 Å². The molecule has 0 radical (unpaired) electrons. The van der Waals surface area contributed by atoms with Gasteiger partial charge in [-0.25, -0.2) is 0 Å². The Hall–Kier alpha value is -0.670. The Morgan fingerprint density at radius 2 is 1.82 bits per heavy atom. The van der Waals surface area contributed by atoms with Gasteiger partial charge in [0.1, 0.15) is 5.75 Å². The first-order valence-electron chi connectivity index (χ1n) is 5.66. The molecule has 0 atom stereocenters. The standard InChI is InChI=1S/C12H20O4P/c1-4-15-17(13,16-5-2)10-11-7-6-8-12(9-11)14-3/h6-9,13H,4-5,10H2,1-3H3/q+1. The Bertz CT molecular complexity index is 337. The van der Waals surface area contributed by atoms with Crippen LogP contribution in [0, 0.1) is 0 Å². The molecular formula is C12H20O4P+. The normalized spacial score (nSPS) is 11.5. The summed E-state index contributed by atoms with van der Waals surface area (Å²) in [6.45, 7) is 4.56. The van der Waals surface area contributed by atoms with Crippen molar-refractivity contribution in [2.45, 2.75) is 20.0 Å². The third-order valence-electron chi connectivity index (χ3n) is 2.18. The van der Waals surface area contributed by atoms with E-state index in [4.69, 9.17) is 13.8 Å². The molecule has 4 nitrogen and oxygen atoms in total. The molecular weight excluding hydrogens is 239 g/mol. The summed E-state index contributed by atoms with van der Waals surface area (Å²) in [6.07, 6.45) is 0.381. The number of benzene rings is 1. The van der Waals surface area contributed by atoms with Crippen molar-refractivity contribution in [2.24, 2.45) is 0 Å². The minimum Gasteiger partial charge on any atom is -0.497 e. The fourth-order valence-electron chi connectivity index (χ4n) is 1.53. The van der Waals surface area contributed by atoms with Crippen molar-refractivity contribution in [3.63, 3.8) is 0 Å². The lowest BCUT2D eigenvalue weighted by Gasteiger charge is -2.16. The predicted molar refractivity (Wildman–Crippen MR) is 69.1 cm³/mol. The maximum absolute atomic E-state index is 10.3. The zero-order valence-corrected chi connectivity index (χ0v) is 11.4. The second-order valence-corrected chi connectivity index (χ2v) is 5.59. The molecule has 0 aliphatic heterocycles. The number of methoxy groups -OCH3 is 1. The SMILES string of the molecule is CCO[P+](O)(Cc1cccc(OC)c1)OCC. The molecule has 0 spiro atoms. The Morgan fingerprint density at radius 3 is 2.35 bits per heavy atom. The van der Waals surface area contributed by atoms with E-state index in [0.29, 0.717) is 19.4 Å². The van der Waals surface area contributed by atoms with Crippen molar-refractivity contribution in [1.82, 2.24) is 0 Å². The van der Waals surface area contributed by atoms with E-state index < -0.39 is 7.94 Å². The van der Waals surface area contributed by atoms with Crippen molar-refractivity contribution in [2.75, 3.05) is 20.3 Å². The summed E-state index contributed by atoms with van der Waals surface area (Å²) in [4.78, 5) is 10.3. The van der Waals surface area contributed by atoms with E-state index in [1.165, 1.54) is 0 Å². The molecule has 1 aromatic carbocycles. The minimum absolute atomic E-state index is 0.381. The molecule has 5 heteroatoms. The van der Waals surface area contributed by atoms with Crippen LogP contribution in [0.5, 0.6) is 5.75 Å². The van der Waals surface area contributed by atoms with Crippen LogP contribution in [-0.4, -0.2) is 25.2 Å². The smallest absolute Gasteiger partial charge is 0.413 e. The first-order valence-corrected chi connectivity index (χ1v) is 7.42. The molecule has 1 aromatic rings. The van der Waals surface area contributed by atoms with Crippen LogP contribution in [0.25, 0.3) is 0 Å². The third-order valence-corrected chi connectivity index (χ3v) is 4.27. The van der Waals surface area contributed by atoms with E-state index in [-0.39, 0.29) is 0 Å². The van der Waals surface area contributed by atoms with E-state index in [1.54, 1.807) is 7.11 Å². The average Bonchev–Trinajstić information content (AvgIpc) is 2.29. The maximum Gasteiger partial charge on any atom is 0.413 e. The second-order valence-electron chi connectivity index (χ2n) is 3.48. The average molecular weight is 259 g/mol. The molecule has 0 aliphatic carbocycles. The first-order chi connectivity index (χ1) is 8.13. The van der Waals surface area contributed by atoms with Gasteiger partial charge in [-0.2, -0.15) is 13.9 Å². The van der Waals surface area contributed by atoms with Gasteiger partial charge in [0.15, 0.2) is 6.16 Å². The number of hydrogen-bond donors (Lipinski definition) is 1. The summed E-state index contributed by atoms with van der Waals surface area (Å²) in [5.74, 6) is 0.766. The summed E-state index contributed by atoms with van der Waals surface area (Å²) in [6, 6.07) is 7.55. The molecule has 96 valence electrons. The van der Waals surface area contributed by atoms with E-state index >= 15 is 0 Å². The fraction of sp³-hybridized carbons (Fsp3) is 0.500. The van der Waals surface area contributed by atoms with Crippen molar-refractivity contribution >= 4 is 7.94 Å². The van der Waals surface area contributed by atoms with Crippen molar-refractivity contribution in [3.8, 4) is 5.75 Å². The molecule has 0 aliphatic rings. The number of ether oxygens (including phenoxy) is 1. The lowest BCUT2D eigenvalue weighted by atomic mass is 10.2. The minimum atomic E-state index is -2.78. The molecule has 0 fully saturated rings. The summed E-state index contributed by atoms with van der Waals surface area (Å²) in [5.41, 5.74) is 0.946. The molecule has 0 saturated carbocycles. The summed E-state index contributed by atoms with van der Waals surface area (Å²) in [5, 5.41) is 0. The molecule has 0 bridgehead atoms. The van der Waals surface area contributed by atoms with Crippen LogP contribution in [0.1, 0.15) is 19.4 Å². The molecule has 0 amide bonds. The molecule has 1 rings (SSSR count). The zero-order valence-electron chi connectivity index (χ0n) is 10.5. The van der Waals surface area contributed by atoms with Gasteiger partial charge in [0.2, 0.25) is 0 Å². The summed E-state index contributed by atoms with van der Waals surface area (Å²) in [7, 11) is -1.16. The lowest BCUT2D eigenvalue weighted by Crippen LogP contribution is -2.05. The quantitative estimate of drug-likeness (QED) is 0.765. The molecule has 1 N–H and O–H groups in total. The summed E-state index contributed by atoms with van der Waals surface area (Å²) < 4.78 is 15.8. The Balaban J connectivity index is 2.77. The van der Waals surface area contributed by atoms with Crippen molar-refractivity contribution < 1.29 is 18.7 Å². The molecule has 0 saturated heterocycles. The van der Waals surface area contributed by atoms with Crippen LogP contribution in [0.4, 0.5) is 0 Å². The van der Waals surface area contributed by atoms with Crippen molar-refractivity contribution in [1.29, 1.82) is 0 Å². The molecule has 0 heterocycles. The van der Waals surface area contributed by atoms with Gasteiger partial charge in [0.05, 0.1) is 20.3 Å². The van der Waals surface area contributed by atoms with Gasteiger partial charge in [-0.1, -0.05) is 12.1 Å². The van der Waals surface area contributed by atoms with Crippen LogP contribution in [0.15, 0.2) is 24.3 Å². The van der Waals surface area contributed by atoms with Gasteiger partial charge in [-0.3, -0.25) is 0 Å². The lowest BCUT2D eigenvalue weighted by molar-refractivity contribution is 0.188. The molecule has 0 aromatic heterocycles. The van der Waals surface area contributed by atoms with E-state index in [2.05, 4.69) is 0 Å². The van der Waals surface area contributed by atoms with Gasteiger partial charge in [0.25, 0.3) is 0 Å². The Kier molecular flexibility index (Phi) is 5.86. The van der Waals surface area contributed by atoms with Gasteiger partial charge < -0.3 is 4.74 Å². The van der Waals surface area contributed by atoms with Gasteiger partial charge in [-0.15, -0.1) is 0 Å². The number of hydrogen-bond acceptors (Lipinski definition) is 4. The van der Waals surface area contributed by atoms with Crippen LogP contribution in [0.2, 0.25) is 0 Å². The number of rotatable bonds is 7. The van der Waals surface area contributed by atoms with Crippen LogP contribution in [0.3, 0.4) is 0 Å². The highest BCUT2D eigenvalue weighted by atomic mass is 31.2. The van der Waals surface area contributed by atoms with E-state index in [1.807, 2.05) is 38.1 Å². The molecule has 0 unspecified atom stereocenters. The largest absolute Gasteiger partial charge is 0.497 e. The van der Waals surface area contributed by atoms with Gasteiger partial charge in [0, 0.05) is 5.56 Å². The molecule has 17 heavy (non-hydrogen) atoms. The Labute approximate surface area is 103 Å². The first kappa shape index (κ1) is 14.4. The summed E-state index contributed by atoms with van der Waals surface area (Å²) >= 11 is 0. The van der Waals surface area contributed by atoms with Crippen molar-refractivity contribution in [3.05, 3.63) is 29.8 Å². The highest BCUT2D eigenvalue weighted by Crippen LogP contribution is 2.59. The van der Waals surface area contributed by atoms with Crippen LogP contribution >= 0.6 is 7.94 Å². The van der Waals surface area contributed by atoms with Gasteiger partial charge >= 0.3 is 7.94 Å². The fourth-order valence-corrected chi connectivity index (χ4v) is 3.26. The predicted octanol–water partition coefficient (Wildman–Crippen LogP) is 3.02. The monoisotopic (exact) mass is 259 g/mol. The highest BCUT2D eigenvalue weighted by Gasteiger charge is 2.40. The highest BCUT2D eigenvalue weighted by molar-refractivity contribution is 7.59. The van der Waals surface area contributed by atoms with E-state index in [0.717, 1.165) is 11.3 Å². The van der Waals surface area contributed by atoms with E-state index in [9.17, 15) is 4.89 Å². The van der Waals surface area contributed by atoms with Gasteiger partial charge in [-0.05, 0) is 26.0 Å². The zero-order chi connectivity index (χ0) is 12.7. The maximum atomic E-state index is 10.3. The Morgan fingerprint density at radius 1 is 1.18 bits per heavy atom.